The van der Waals surface area contributed by atoms with Crippen molar-refractivity contribution in [1.82, 2.24) is 9.97 Å². The number of aromatic amines is 1. The van der Waals surface area contributed by atoms with E-state index >= 15 is 0 Å². The lowest BCUT2D eigenvalue weighted by atomic mass is 10.0. The van der Waals surface area contributed by atoms with Gasteiger partial charge < -0.3 is 14.7 Å². The molecule has 1 atom stereocenters. The second kappa shape index (κ2) is 7.31. The summed E-state index contributed by atoms with van der Waals surface area (Å²) in [6.07, 6.45) is 0. The van der Waals surface area contributed by atoms with E-state index in [1.54, 1.807) is 11.3 Å². The van der Waals surface area contributed by atoms with Crippen molar-refractivity contribution in [3.8, 4) is 0 Å². The lowest BCUT2D eigenvalue weighted by Crippen LogP contribution is -2.84. The average Bonchev–Trinajstić information content (AvgIpc) is 3.38. The Morgan fingerprint density at radius 1 is 1.10 bits per heavy atom. The molecule has 2 aromatic carbocycles. The first-order chi connectivity index (χ1) is 14.2. The first kappa shape index (κ1) is 17.8. The first-order valence-corrected chi connectivity index (χ1v) is 10.4. The van der Waals surface area contributed by atoms with Crippen LogP contribution in [0.3, 0.4) is 0 Å². The molecule has 0 aliphatic rings. The molecule has 5 nitrogen and oxygen atoms in total. The molecule has 29 heavy (non-hydrogen) atoms. The summed E-state index contributed by atoms with van der Waals surface area (Å²) >= 11 is 1.74. The molecule has 3 N–H and O–H groups in total. The monoisotopic (exact) mass is 402 g/mol. The summed E-state index contributed by atoms with van der Waals surface area (Å²) in [5, 5.41) is 5.17. The van der Waals surface area contributed by atoms with E-state index in [-0.39, 0.29) is 17.2 Å². The molecule has 5 aromatic rings. The fourth-order valence-electron chi connectivity index (χ4n) is 3.63. The van der Waals surface area contributed by atoms with Gasteiger partial charge in [0.15, 0.2) is 5.82 Å². The van der Waals surface area contributed by atoms with Gasteiger partial charge >= 0.3 is 0 Å². The predicted molar refractivity (Wildman–Crippen MR) is 115 cm³/mol. The van der Waals surface area contributed by atoms with Crippen LogP contribution >= 0.6 is 11.3 Å². The maximum absolute atomic E-state index is 12.5. The molecule has 0 bridgehead atoms. The molecule has 0 amide bonds. The van der Waals surface area contributed by atoms with Gasteiger partial charge in [0, 0.05) is 10.9 Å². The molecule has 0 spiro atoms. The molecule has 0 saturated heterocycles. The number of aromatic nitrogens is 2. The van der Waals surface area contributed by atoms with E-state index in [2.05, 4.69) is 59.0 Å². The van der Waals surface area contributed by atoms with E-state index < -0.39 is 0 Å². The molecule has 0 unspecified atom stereocenters. The van der Waals surface area contributed by atoms with Crippen molar-refractivity contribution in [2.24, 2.45) is 0 Å². The maximum atomic E-state index is 12.5. The lowest BCUT2D eigenvalue weighted by Gasteiger charge is -2.15. The van der Waals surface area contributed by atoms with E-state index in [4.69, 9.17) is 9.40 Å². The van der Waals surface area contributed by atoms with E-state index in [9.17, 15) is 4.79 Å². The van der Waals surface area contributed by atoms with Crippen molar-refractivity contribution in [2.75, 3.05) is 0 Å². The van der Waals surface area contributed by atoms with E-state index in [0.717, 1.165) is 5.39 Å². The summed E-state index contributed by atoms with van der Waals surface area (Å²) < 4.78 is 5.69. The highest BCUT2D eigenvalue weighted by atomic mass is 32.1. The number of rotatable bonds is 5. The summed E-state index contributed by atoms with van der Waals surface area (Å²) in [7, 11) is 0. The van der Waals surface area contributed by atoms with E-state index in [1.807, 2.05) is 24.3 Å². The molecule has 0 aliphatic heterocycles. The zero-order chi connectivity index (χ0) is 19.8. The first-order valence-electron chi connectivity index (χ1n) is 9.53. The number of nitrogens with zero attached hydrogens (tertiary/aromatic N) is 1. The Labute approximate surface area is 171 Å². The third-order valence-electron chi connectivity index (χ3n) is 5.11. The van der Waals surface area contributed by atoms with Crippen molar-refractivity contribution in [3.63, 3.8) is 0 Å². The Morgan fingerprint density at radius 3 is 2.72 bits per heavy atom. The molecular formula is C23H20N3O2S+. The van der Waals surface area contributed by atoms with Crippen LogP contribution in [0.15, 0.2) is 75.3 Å². The van der Waals surface area contributed by atoms with Crippen LogP contribution in [0.1, 0.15) is 27.9 Å². The Hall–Kier alpha value is -3.22. The summed E-state index contributed by atoms with van der Waals surface area (Å²) in [4.78, 5) is 21.4. The number of nitrogens with two attached hydrogens (primary N) is 1. The van der Waals surface area contributed by atoms with Crippen molar-refractivity contribution in [3.05, 3.63) is 98.2 Å². The predicted octanol–water partition coefficient (Wildman–Crippen LogP) is 3.89. The highest BCUT2D eigenvalue weighted by Gasteiger charge is 2.20. The van der Waals surface area contributed by atoms with Crippen LogP contribution in [-0.4, -0.2) is 9.97 Å². The number of fused-ring (bicyclic) bond motifs is 3. The van der Waals surface area contributed by atoms with Crippen molar-refractivity contribution in [2.45, 2.75) is 19.5 Å². The molecule has 144 valence electrons. The minimum Gasteiger partial charge on any atom is -0.449 e. The standard InChI is InChI=1S/C23H19N3O2S/c1-14-8-10-15(11-9-14)20(18-7-4-12-29-18)24-13-19-25-21-16-5-2-3-6-17(16)28-22(21)23(27)26-19/h2-12,20,24H,13H2,1H3,(H,25,26,27)/p+1/t20-/m0/s1. The fraction of sp³-hybridized carbons (Fsp3) is 0.130. The number of hydrogen-bond acceptors (Lipinski definition) is 4. The highest BCUT2D eigenvalue weighted by molar-refractivity contribution is 7.10. The van der Waals surface area contributed by atoms with Gasteiger partial charge in [-0.05, 0) is 30.5 Å². The van der Waals surface area contributed by atoms with Gasteiger partial charge in [0.25, 0.3) is 5.56 Å². The zero-order valence-electron chi connectivity index (χ0n) is 15.9. The second-order valence-corrected chi connectivity index (χ2v) is 8.11. The van der Waals surface area contributed by atoms with Gasteiger partial charge in [-0.15, -0.1) is 11.3 Å². The SMILES string of the molecule is Cc1ccc([C@H]([NH2+]Cc2nc3c(oc4ccccc43)c(=O)[nH]2)c2cccs2)cc1. The largest absolute Gasteiger partial charge is 0.449 e. The van der Waals surface area contributed by atoms with E-state index in [0.29, 0.717) is 23.5 Å². The van der Waals surface area contributed by atoms with Gasteiger partial charge in [-0.3, -0.25) is 4.79 Å². The molecular weight excluding hydrogens is 382 g/mol. The molecule has 6 heteroatoms. The fourth-order valence-corrected chi connectivity index (χ4v) is 4.48. The van der Waals surface area contributed by atoms with Gasteiger partial charge in [-0.2, -0.15) is 0 Å². The molecule has 5 rings (SSSR count). The smallest absolute Gasteiger partial charge is 0.294 e. The topological polar surface area (TPSA) is 75.5 Å². The number of hydrogen-bond donors (Lipinski definition) is 2. The number of aryl methyl sites for hydroxylation is 1. The summed E-state index contributed by atoms with van der Waals surface area (Å²) in [6.45, 7) is 2.65. The minimum absolute atomic E-state index is 0.151. The molecule has 3 aromatic heterocycles. The van der Waals surface area contributed by atoms with Crippen LogP contribution in [-0.2, 0) is 6.54 Å². The number of H-pyrrole nitrogens is 1. The third kappa shape index (κ3) is 3.37. The summed E-state index contributed by atoms with van der Waals surface area (Å²) in [6, 6.07) is 20.6. The average molecular weight is 402 g/mol. The molecule has 0 radical (unpaired) electrons. The van der Waals surface area contributed by atoms with Crippen LogP contribution in [0.5, 0.6) is 0 Å². The van der Waals surface area contributed by atoms with Crippen molar-refractivity contribution < 1.29 is 9.73 Å². The normalized spacial score (nSPS) is 12.6. The summed E-state index contributed by atoms with van der Waals surface area (Å²) in [5.74, 6) is 0.641. The van der Waals surface area contributed by atoms with Crippen LogP contribution in [0.25, 0.3) is 22.1 Å². The Morgan fingerprint density at radius 2 is 1.93 bits per heavy atom. The lowest BCUT2D eigenvalue weighted by molar-refractivity contribution is -0.702. The third-order valence-corrected chi connectivity index (χ3v) is 6.07. The van der Waals surface area contributed by atoms with Crippen LogP contribution in [0, 0.1) is 6.92 Å². The molecule has 0 aliphatic carbocycles. The van der Waals surface area contributed by atoms with Gasteiger partial charge in [0.05, 0.1) is 4.88 Å². The Kier molecular flexibility index (Phi) is 4.50. The quantitative estimate of drug-likeness (QED) is 0.468. The van der Waals surface area contributed by atoms with Crippen LogP contribution in [0.4, 0.5) is 0 Å². The number of quaternary nitrogens is 1. The number of thiophene rings is 1. The van der Waals surface area contributed by atoms with Gasteiger partial charge in [-0.1, -0.05) is 48.0 Å². The summed E-state index contributed by atoms with van der Waals surface area (Å²) in [5.41, 5.74) is 3.81. The van der Waals surface area contributed by atoms with E-state index in [1.165, 1.54) is 16.0 Å². The number of para-hydroxylation sites is 1. The molecule has 0 saturated carbocycles. The van der Waals surface area contributed by atoms with Crippen molar-refractivity contribution in [1.29, 1.82) is 0 Å². The van der Waals surface area contributed by atoms with Gasteiger partial charge in [0.1, 0.15) is 23.7 Å². The number of benzene rings is 2. The zero-order valence-corrected chi connectivity index (χ0v) is 16.7. The highest BCUT2D eigenvalue weighted by Crippen LogP contribution is 2.25. The number of nitrogens with one attached hydrogen (secondary N) is 1. The second-order valence-electron chi connectivity index (χ2n) is 7.13. The van der Waals surface area contributed by atoms with Gasteiger partial charge in [-0.25, -0.2) is 4.98 Å². The maximum Gasteiger partial charge on any atom is 0.294 e. The Bertz CT molecular complexity index is 1330. The van der Waals surface area contributed by atoms with Crippen LogP contribution < -0.4 is 10.9 Å². The number of furan rings is 1. The molecule has 0 fully saturated rings. The Balaban J connectivity index is 1.50. The van der Waals surface area contributed by atoms with Gasteiger partial charge in [0.2, 0.25) is 5.58 Å². The van der Waals surface area contributed by atoms with Crippen LogP contribution in [0.2, 0.25) is 0 Å². The van der Waals surface area contributed by atoms with Crippen molar-refractivity contribution >= 4 is 33.4 Å². The minimum atomic E-state index is -0.238. The molecule has 3 heterocycles.